The number of alkyl halides is 1. The molecular formula is C10H17ClN2O4S. The molecule has 2 fully saturated rings. The van der Waals surface area contributed by atoms with E-state index in [0.717, 1.165) is 12.8 Å². The molecule has 1 atom stereocenters. The minimum Gasteiger partial charge on any atom is -0.368 e. The first kappa shape index (κ1) is 14.0. The topological polar surface area (TPSA) is 66.9 Å². The molecule has 0 saturated carbocycles. The molecule has 2 rings (SSSR count). The van der Waals surface area contributed by atoms with Crippen molar-refractivity contribution in [2.45, 2.75) is 18.9 Å². The third kappa shape index (κ3) is 2.96. The Hall–Kier alpha value is -0.370. The van der Waals surface area contributed by atoms with Crippen molar-refractivity contribution in [3.05, 3.63) is 0 Å². The molecule has 8 heteroatoms. The van der Waals surface area contributed by atoms with Gasteiger partial charge in [-0.25, -0.2) is 8.42 Å². The van der Waals surface area contributed by atoms with Crippen LogP contribution in [-0.2, 0) is 19.6 Å². The molecule has 2 heterocycles. The van der Waals surface area contributed by atoms with Gasteiger partial charge in [0.15, 0.2) is 0 Å². The molecule has 0 aromatic heterocycles. The van der Waals surface area contributed by atoms with Crippen LogP contribution in [0.3, 0.4) is 0 Å². The van der Waals surface area contributed by atoms with Crippen LogP contribution in [0.4, 0.5) is 0 Å². The first-order valence-electron chi connectivity index (χ1n) is 5.99. The molecule has 1 unspecified atom stereocenters. The maximum absolute atomic E-state index is 12.0. The molecule has 0 aromatic rings. The predicted molar refractivity (Wildman–Crippen MR) is 66.8 cm³/mol. The molecule has 18 heavy (non-hydrogen) atoms. The van der Waals surface area contributed by atoms with Crippen LogP contribution in [0.15, 0.2) is 0 Å². The van der Waals surface area contributed by atoms with E-state index in [4.69, 9.17) is 16.3 Å². The number of halogens is 1. The van der Waals surface area contributed by atoms with Crippen molar-refractivity contribution in [3.8, 4) is 0 Å². The molecule has 2 aliphatic rings. The van der Waals surface area contributed by atoms with Gasteiger partial charge in [-0.05, 0) is 12.8 Å². The molecule has 104 valence electrons. The largest absolute Gasteiger partial charge is 0.368 e. The number of carbonyl (C=O) groups is 1. The van der Waals surface area contributed by atoms with E-state index < -0.39 is 15.2 Å². The zero-order valence-electron chi connectivity index (χ0n) is 10.0. The number of ether oxygens (including phenoxy) is 1. The van der Waals surface area contributed by atoms with Crippen LogP contribution in [-0.4, -0.2) is 67.6 Å². The van der Waals surface area contributed by atoms with Crippen LogP contribution in [0.5, 0.6) is 0 Å². The zero-order chi connectivity index (χ0) is 13.2. The Bertz CT molecular complexity index is 400. The van der Waals surface area contributed by atoms with Gasteiger partial charge in [0, 0.05) is 32.8 Å². The summed E-state index contributed by atoms with van der Waals surface area (Å²) in [4.78, 5) is 13.7. The SMILES string of the molecule is O=C(C1CCCO1)N1CCN(S(=O)(=O)CCl)CC1. The Kier molecular flexibility index (Phi) is 4.47. The number of rotatable bonds is 3. The Labute approximate surface area is 112 Å². The van der Waals surface area contributed by atoms with Crippen LogP contribution < -0.4 is 0 Å². The van der Waals surface area contributed by atoms with E-state index in [1.165, 1.54) is 4.31 Å². The van der Waals surface area contributed by atoms with Crippen molar-refractivity contribution in [3.63, 3.8) is 0 Å². The molecule has 0 aromatic carbocycles. The van der Waals surface area contributed by atoms with Crippen LogP contribution in [0.1, 0.15) is 12.8 Å². The zero-order valence-corrected chi connectivity index (χ0v) is 11.6. The van der Waals surface area contributed by atoms with E-state index in [9.17, 15) is 13.2 Å². The van der Waals surface area contributed by atoms with E-state index in [-0.39, 0.29) is 12.0 Å². The molecule has 6 nitrogen and oxygen atoms in total. The van der Waals surface area contributed by atoms with Gasteiger partial charge < -0.3 is 9.64 Å². The van der Waals surface area contributed by atoms with Gasteiger partial charge in [-0.2, -0.15) is 4.31 Å². The quantitative estimate of drug-likeness (QED) is 0.679. The van der Waals surface area contributed by atoms with Gasteiger partial charge in [0.1, 0.15) is 11.3 Å². The number of amides is 1. The monoisotopic (exact) mass is 296 g/mol. The summed E-state index contributed by atoms with van der Waals surface area (Å²) >= 11 is 5.40. The van der Waals surface area contributed by atoms with Gasteiger partial charge in [-0.3, -0.25) is 4.79 Å². The highest BCUT2D eigenvalue weighted by molar-refractivity contribution is 7.90. The molecule has 2 saturated heterocycles. The molecule has 1 amide bonds. The third-order valence-electron chi connectivity index (χ3n) is 3.29. The lowest BCUT2D eigenvalue weighted by atomic mass is 10.2. The van der Waals surface area contributed by atoms with Gasteiger partial charge in [0.25, 0.3) is 5.91 Å². The van der Waals surface area contributed by atoms with Crippen molar-refractivity contribution < 1.29 is 17.9 Å². The summed E-state index contributed by atoms with van der Waals surface area (Å²) in [6.07, 6.45) is 1.34. The molecule has 0 spiro atoms. The third-order valence-corrected chi connectivity index (χ3v) is 5.54. The molecular weight excluding hydrogens is 280 g/mol. The summed E-state index contributed by atoms with van der Waals surface area (Å²) in [5.74, 6) is -0.0181. The van der Waals surface area contributed by atoms with Crippen LogP contribution >= 0.6 is 11.6 Å². The number of sulfonamides is 1. The Morgan fingerprint density at radius 2 is 1.94 bits per heavy atom. The van der Waals surface area contributed by atoms with Crippen LogP contribution in [0.2, 0.25) is 0 Å². The van der Waals surface area contributed by atoms with Crippen molar-refractivity contribution in [2.75, 3.05) is 38.0 Å². The molecule has 0 bridgehead atoms. The van der Waals surface area contributed by atoms with Crippen molar-refractivity contribution in [1.29, 1.82) is 0 Å². The fraction of sp³-hybridized carbons (Fsp3) is 0.900. The fourth-order valence-electron chi connectivity index (χ4n) is 2.23. The Balaban J connectivity index is 1.88. The van der Waals surface area contributed by atoms with Gasteiger partial charge in [-0.1, -0.05) is 0 Å². The van der Waals surface area contributed by atoms with Gasteiger partial charge in [0.2, 0.25) is 10.0 Å². The second-order valence-corrected chi connectivity index (χ2v) is 7.00. The van der Waals surface area contributed by atoms with E-state index in [0.29, 0.717) is 32.8 Å². The molecule has 0 N–H and O–H groups in total. The number of hydrogen-bond donors (Lipinski definition) is 0. The molecule has 0 radical (unpaired) electrons. The summed E-state index contributed by atoms with van der Waals surface area (Å²) in [5, 5.41) is -0.410. The lowest BCUT2D eigenvalue weighted by Gasteiger charge is -2.34. The van der Waals surface area contributed by atoms with Crippen molar-refractivity contribution in [1.82, 2.24) is 9.21 Å². The van der Waals surface area contributed by atoms with Crippen LogP contribution in [0.25, 0.3) is 0 Å². The van der Waals surface area contributed by atoms with Gasteiger partial charge >= 0.3 is 0 Å². The highest BCUT2D eigenvalue weighted by Crippen LogP contribution is 2.17. The summed E-state index contributed by atoms with van der Waals surface area (Å²) in [6, 6.07) is 0. The van der Waals surface area contributed by atoms with Crippen molar-refractivity contribution >= 4 is 27.5 Å². The second-order valence-electron chi connectivity index (χ2n) is 4.45. The summed E-state index contributed by atoms with van der Waals surface area (Å²) in [6.45, 7) is 2.08. The lowest BCUT2D eigenvalue weighted by molar-refractivity contribution is -0.142. The summed E-state index contributed by atoms with van der Waals surface area (Å²) in [7, 11) is -3.36. The standard InChI is InChI=1S/C10H17ClN2O4S/c11-8-18(15,16)13-5-3-12(4-6-13)10(14)9-2-1-7-17-9/h9H,1-8H2. The van der Waals surface area contributed by atoms with Gasteiger partial charge in [-0.15, -0.1) is 11.6 Å². The Morgan fingerprint density at radius 3 is 2.44 bits per heavy atom. The average Bonchev–Trinajstić information content (AvgIpc) is 2.92. The van der Waals surface area contributed by atoms with Crippen LogP contribution in [0, 0.1) is 0 Å². The first-order chi connectivity index (χ1) is 8.54. The normalized spacial score (nSPS) is 26.5. The highest BCUT2D eigenvalue weighted by atomic mass is 35.5. The maximum Gasteiger partial charge on any atom is 0.251 e. The summed E-state index contributed by atoms with van der Waals surface area (Å²) < 4.78 is 29.8. The number of hydrogen-bond acceptors (Lipinski definition) is 4. The molecule has 2 aliphatic heterocycles. The minimum absolute atomic E-state index is 0.0181. The van der Waals surface area contributed by atoms with E-state index in [1.54, 1.807) is 4.90 Å². The lowest BCUT2D eigenvalue weighted by Crippen LogP contribution is -2.52. The highest BCUT2D eigenvalue weighted by Gasteiger charge is 2.32. The predicted octanol–water partition coefficient (Wildman–Crippen LogP) is -0.164. The number of nitrogens with zero attached hydrogens (tertiary/aromatic N) is 2. The van der Waals surface area contributed by atoms with Gasteiger partial charge in [0.05, 0.1) is 0 Å². The fourth-order valence-corrected chi connectivity index (χ4v) is 3.50. The first-order valence-corrected chi connectivity index (χ1v) is 8.13. The Morgan fingerprint density at radius 1 is 1.28 bits per heavy atom. The van der Waals surface area contributed by atoms with E-state index >= 15 is 0 Å². The minimum atomic E-state index is -3.36. The maximum atomic E-state index is 12.0. The van der Waals surface area contributed by atoms with Crippen molar-refractivity contribution in [2.24, 2.45) is 0 Å². The number of piperazine rings is 1. The number of carbonyl (C=O) groups excluding carboxylic acids is 1. The van der Waals surface area contributed by atoms with E-state index in [1.807, 2.05) is 0 Å². The molecule has 0 aliphatic carbocycles. The second kappa shape index (κ2) is 5.73. The van der Waals surface area contributed by atoms with E-state index in [2.05, 4.69) is 0 Å². The summed E-state index contributed by atoms with van der Waals surface area (Å²) in [5.41, 5.74) is 0. The smallest absolute Gasteiger partial charge is 0.251 e. The average molecular weight is 297 g/mol.